The van der Waals surface area contributed by atoms with Crippen molar-refractivity contribution in [3.63, 3.8) is 0 Å². The number of esters is 1. The number of ether oxygens (including phenoxy) is 1. The third-order valence-corrected chi connectivity index (χ3v) is 4.69. The van der Waals surface area contributed by atoms with E-state index in [0.717, 1.165) is 14.9 Å². The van der Waals surface area contributed by atoms with E-state index in [1.54, 1.807) is 26.0 Å². The van der Waals surface area contributed by atoms with Crippen LogP contribution in [0.25, 0.3) is 0 Å². The average molecular weight is 430 g/mol. The topological polar surface area (TPSA) is 62.1 Å². The van der Waals surface area contributed by atoms with Crippen LogP contribution in [-0.4, -0.2) is 12.6 Å². The van der Waals surface area contributed by atoms with E-state index in [2.05, 4.69) is 5.32 Å². The third-order valence-electron chi connectivity index (χ3n) is 2.91. The van der Waals surface area contributed by atoms with Crippen LogP contribution in [0.3, 0.4) is 0 Å². The van der Waals surface area contributed by atoms with Gasteiger partial charge < -0.3 is 10.1 Å². The van der Waals surface area contributed by atoms with E-state index in [1.807, 2.05) is 28.7 Å². The number of carbonyl (C=O) groups excluding carboxylic acids is 1. The van der Waals surface area contributed by atoms with Gasteiger partial charge in [-0.25, -0.2) is 9.18 Å². The fourth-order valence-corrected chi connectivity index (χ4v) is 3.33. The van der Waals surface area contributed by atoms with Crippen molar-refractivity contribution in [1.29, 1.82) is 5.26 Å². The molecule has 0 saturated carbocycles. The average Bonchev–Trinajstić information content (AvgIpc) is 2.78. The summed E-state index contributed by atoms with van der Waals surface area (Å²) in [5.41, 5.74) is 1.07. The molecule has 0 spiro atoms. The predicted molar refractivity (Wildman–Crippen MR) is 92.1 cm³/mol. The molecule has 114 valence electrons. The molecule has 2 rings (SSSR count). The van der Waals surface area contributed by atoms with Crippen LogP contribution in [0, 0.1) is 27.6 Å². The Balaban J connectivity index is 2.46. The highest BCUT2D eigenvalue weighted by atomic mass is 127. The molecule has 0 aliphatic rings. The minimum absolute atomic E-state index is 0.230. The number of thiophene rings is 1. The van der Waals surface area contributed by atoms with E-state index in [4.69, 9.17) is 10.00 Å². The summed E-state index contributed by atoms with van der Waals surface area (Å²) in [6, 6.07) is 6.77. The highest BCUT2D eigenvalue weighted by molar-refractivity contribution is 14.1. The molecule has 1 aromatic carbocycles. The fourth-order valence-electron chi connectivity index (χ4n) is 1.87. The second-order valence-electron chi connectivity index (χ2n) is 4.34. The summed E-state index contributed by atoms with van der Waals surface area (Å²) in [4.78, 5) is 12.5. The van der Waals surface area contributed by atoms with E-state index >= 15 is 0 Å². The number of anilines is 2. The smallest absolute Gasteiger partial charge is 0.341 e. The normalized spacial score (nSPS) is 10.1. The molecule has 0 bridgehead atoms. The number of hydrogen-bond donors (Lipinski definition) is 1. The molecule has 0 aliphatic carbocycles. The van der Waals surface area contributed by atoms with E-state index < -0.39 is 11.8 Å². The van der Waals surface area contributed by atoms with Crippen molar-refractivity contribution >= 4 is 50.6 Å². The van der Waals surface area contributed by atoms with Crippen molar-refractivity contribution in [2.75, 3.05) is 11.9 Å². The first kappa shape index (κ1) is 16.7. The zero-order valence-electron chi connectivity index (χ0n) is 11.9. The third kappa shape index (κ3) is 3.39. The van der Waals surface area contributed by atoms with Crippen LogP contribution < -0.4 is 5.32 Å². The second kappa shape index (κ2) is 7.07. The molecule has 2 aromatic rings. The fraction of sp³-hybridized carbons (Fsp3) is 0.200. The van der Waals surface area contributed by atoms with E-state index in [0.29, 0.717) is 15.4 Å². The number of hydrogen-bond acceptors (Lipinski definition) is 5. The summed E-state index contributed by atoms with van der Waals surface area (Å²) in [6.07, 6.45) is 0. The molecule has 0 radical (unpaired) electrons. The Labute approximate surface area is 145 Å². The maximum Gasteiger partial charge on any atom is 0.341 e. The second-order valence-corrected chi connectivity index (χ2v) is 6.61. The Kier molecular flexibility index (Phi) is 5.37. The van der Waals surface area contributed by atoms with Gasteiger partial charge in [0.1, 0.15) is 21.8 Å². The van der Waals surface area contributed by atoms with Gasteiger partial charge in [0.05, 0.1) is 17.9 Å². The van der Waals surface area contributed by atoms with Crippen molar-refractivity contribution in [3.8, 4) is 6.07 Å². The van der Waals surface area contributed by atoms with E-state index in [1.165, 1.54) is 6.07 Å². The number of benzene rings is 1. The van der Waals surface area contributed by atoms with Gasteiger partial charge in [-0.3, -0.25) is 0 Å². The maximum absolute atomic E-state index is 14.0. The SMILES string of the molecule is CCOC(=O)c1c(Nc2ccc(I)cc2F)sc(C#N)c1C. The van der Waals surface area contributed by atoms with Gasteiger partial charge in [-0.1, -0.05) is 0 Å². The highest BCUT2D eigenvalue weighted by Gasteiger charge is 2.23. The van der Waals surface area contributed by atoms with E-state index in [9.17, 15) is 9.18 Å². The van der Waals surface area contributed by atoms with Gasteiger partial charge in [0.2, 0.25) is 0 Å². The molecule has 1 heterocycles. The maximum atomic E-state index is 14.0. The van der Waals surface area contributed by atoms with Gasteiger partial charge in [0, 0.05) is 3.57 Å². The molecule has 0 atom stereocenters. The first-order valence-corrected chi connectivity index (χ1v) is 8.30. The van der Waals surface area contributed by atoms with Crippen LogP contribution in [0.1, 0.15) is 27.7 Å². The van der Waals surface area contributed by atoms with Crippen molar-refractivity contribution in [3.05, 3.63) is 43.6 Å². The van der Waals surface area contributed by atoms with Gasteiger partial charge in [0.25, 0.3) is 0 Å². The molecule has 1 aromatic heterocycles. The predicted octanol–water partition coefficient (Wildman–Crippen LogP) is 4.59. The zero-order valence-corrected chi connectivity index (χ0v) is 14.8. The van der Waals surface area contributed by atoms with Crippen molar-refractivity contribution < 1.29 is 13.9 Å². The number of nitrogens with one attached hydrogen (secondary N) is 1. The van der Waals surface area contributed by atoms with E-state index in [-0.39, 0.29) is 17.9 Å². The molecule has 4 nitrogen and oxygen atoms in total. The zero-order chi connectivity index (χ0) is 16.3. The Morgan fingerprint density at radius 2 is 2.27 bits per heavy atom. The lowest BCUT2D eigenvalue weighted by Gasteiger charge is -2.09. The van der Waals surface area contributed by atoms with Crippen LogP contribution in [-0.2, 0) is 4.74 Å². The summed E-state index contributed by atoms with van der Waals surface area (Å²) in [7, 11) is 0. The Bertz CT molecular complexity index is 768. The van der Waals surface area contributed by atoms with Crippen molar-refractivity contribution in [2.45, 2.75) is 13.8 Å². The Morgan fingerprint density at radius 3 is 2.86 bits per heavy atom. The summed E-state index contributed by atoms with van der Waals surface area (Å²) < 4.78 is 19.7. The van der Waals surface area contributed by atoms with Crippen LogP contribution in [0.4, 0.5) is 15.1 Å². The molecular formula is C15H12FIN2O2S. The lowest BCUT2D eigenvalue weighted by atomic mass is 10.1. The number of halogens is 2. The standard InChI is InChI=1S/C15H12FIN2O2S/c1-3-21-15(20)13-8(2)12(7-18)22-14(13)19-11-5-4-9(17)6-10(11)16/h4-6,19H,3H2,1-2H3. The summed E-state index contributed by atoms with van der Waals surface area (Å²) >= 11 is 3.12. The first-order valence-electron chi connectivity index (χ1n) is 6.40. The Hall–Kier alpha value is -1.66. The summed E-state index contributed by atoms with van der Waals surface area (Å²) in [5.74, 6) is -0.947. The lowest BCUT2D eigenvalue weighted by molar-refractivity contribution is 0.0527. The number of nitrogens with zero attached hydrogens (tertiary/aromatic N) is 1. The molecule has 0 unspecified atom stereocenters. The van der Waals surface area contributed by atoms with Gasteiger partial charge in [0.15, 0.2) is 0 Å². The van der Waals surface area contributed by atoms with Gasteiger partial charge >= 0.3 is 5.97 Å². The first-order chi connectivity index (χ1) is 10.5. The molecule has 0 amide bonds. The Morgan fingerprint density at radius 1 is 1.55 bits per heavy atom. The molecule has 0 fully saturated rings. The number of nitriles is 1. The van der Waals surface area contributed by atoms with Crippen LogP contribution in [0.2, 0.25) is 0 Å². The lowest BCUT2D eigenvalue weighted by Crippen LogP contribution is -2.08. The van der Waals surface area contributed by atoms with Gasteiger partial charge in [-0.2, -0.15) is 5.26 Å². The van der Waals surface area contributed by atoms with Crippen LogP contribution in [0.15, 0.2) is 18.2 Å². The molecule has 1 N–H and O–H groups in total. The van der Waals surface area contributed by atoms with Gasteiger partial charge in [-0.15, -0.1) is 11.3 Å². The molecule has 7 heteroatoms. The molecule has 0 aliphatic heterocycles. The highest BCUT2D eigenvalue weighted by Crippen LogP contribution is 2.36. The van der Waals surface area contributed by atoms with Gasteiger partial charge in [-0.05, 0) is 60.2 Å². The van der Waals surface area contributed by atoms with Crippen LogP contribution in [0.5, 0.6) is 0 Å². The summed E-state index contributed by atoms with van der Waals surface area (Å²) in [6.45, 7) is 3.61. The molecule has 22 heavy (non-hydrogen) atoms. The molecule has 0 saturated heterocycles. The summed E-state index contributed by atoms with van der Waals surface area (Å²) in [5, 5.41) is 12.4. The monoisotopic (exact) mass is 430 g/mol. The van der Waals surface area contributed by atoms with Crippen molar-refractivity contribution in [1.82, 2.24) is 0 Å². The number of rotatable bonds is 4. The van der Waals surface area contributed by atoms with Crippen LogP contribution >= 0.6 is 33.9 Å². The molecular weight excluding hydrogens is 418 g/mol. The minimum Gasteiger partial charge on any atom is -0.462 e. The quantitative estimate of drug-likeness (QED) is 0.570. The largest absolute Gasteiger partial charge is 0.462 e. The minimum atomic E-state index is -0.522. The number of carbonyl (C=O) groups is 1. The van der Waals surface area contributed by atoms with Crippen molar-refractivity contribution in [2.24, 2.45) is 0 Å².